The molecule has 1 atom stereocenters. The van der Waals surface area contributed by atoms with Crippen molar-refractivity contribution in [2.75, 3.05) is 11.9 Å². The summed E-state index contributed by atoms with van der Waals surface area (Å²) in [5.41, 5.74) is 0.800. The summed E-state index contributed by atoms with van der Waals surface area (Å²) in [7, 11) is 0. The van der Waals surface area contributed by atoms with Gasteiger partial charge in [-0.15, -0.1) is 0 Å². The molecule has 2 N–H and O–H groups in total. The second kappa shape index (κ2) is 5.03. The highest BCUT2D eigenvalue weighted by molar-refractivity contribution is 5.96. The predicted octanol–water partition coefficient (Wildman–Crippen LogP) is 1.47. The molecule has 6 heteroatoms. The SMILES string of the molecule is Cc1cccc(NC(=O)C2CCCN2C(=O)O)n1. The van der Waals surface area contributed by atoms with Gasteiger partial charge in [0.05, 0.1) is 0 Å². The van der Waals surface area contributed by atoms with Crippen LogP contribution in [0.15, 0.2) is 18.2 Å². The molecule has 0 saturated carbocycles. The minimum atomic E-state index is -1.05. The highest BCUT2D eigenvalue weighted by Crippen LogP contribution is 2.18. The van der Waals surface area contributed by atoms with E-state index in [4.69, 9.17) is 5.11 Å². The third-order valence-electron chi connectivity index (χ3n) is 2.94. The van der Waals surface area contributed by atoms with Crippen molar-refractivity contribution in [3.63, 3.8) is 0 Å². The number of amides is 2. The molecule has 0 aliphatic carbocycles. The van der Waals surface area contributed by atoms with Crippen LogP contribution < -0.4 is 5.32 Å². The van der Waals surface area contributed by atoms with E-state index in [0.717, 1.165) is 5.69 Å². The Bertz CT molecular complexity index is 475. The van der Waals surface area contributed by atoms with Crippen LogP contribution in [0.5, 0.6) is 0 Å². The number of aromatic nitrogens is 1. The van der Waals surface area contributed by atoms with Gasteiger partial charge in [-0.25, -0.2) is 9.78 Å². The summed E-state index contributed by atoms with van der Waals surface area (Å²) >= 11 is 0. The second-order valence-corrected chi connectivity index (χ2v) is 4.29. The van der Waals surface area contributed by atoms with Gasteiger partial charge in [0.15, 0.2) is 0 Å². The van der Waals surface area contributed by atoms with Crippen LogP contribution in [0, 0.1) is 6.92 Å². The maximum atomic E-state index is 12.0. The van der Waals surface area contributed by atoms with Gasteiger partial charge in [0.1, 0.15) is 11.9 Å². The Morgan fingerprint density at radius 2 is 2.28 bits per heavy atom. The van der Waals surface area contributed by atoms with E-state index in [1.54, 1.807) is 12.1 Å². The molecule has 6 nitrogen and oxygen atoms in total. The molecule has 0 radical (unpaired) electrons. The van der Waals surface area contributed by atoms with Crippen molar-refractivity contribution >= 4 is 17.8 Å². The maximum Gasteiger partial charge on any atom is 0.407 e. The van der Waals surface area contributed by atoms with Crippen molar-refractivity contribution < 1.29 is 14.7 Å². The zero-order valence-corrected chi connectivity index (χ0v) is 10.1. The van der Waals surface area contributed by atoms with Crippen molar-refractivity contribution in [1.82, 2.24) is 9.88 Å². The first-order chi connectivity index (χ1) is 8.58. The predicted molar refractivity (Wildman–Crippen MR) is 65.4 cm³/mol. The molecule has 0 spiro atoms. The van der Waals surface area contributed by atoms with Crippen molar-refractivity contribution in [2.45, 2.75) is 25.8 Å². The van der Waals surface area contributed by atoms with Crippen LogP contribution >= 0.6 is 0 Å². The van der Waals surface area contributed by atoms with Crippen LogP contribution in [0.4, 0.5) is 10.6 Å². The standard InChI is InChI=1S/C12H15N3O3/c1-8-4-2-6-10(13-8)14-11(16)9-5-3-7-15(9)12(17)18/h2,4,6,9H,3,5,7H2,1H3,(H,17,18)(H,13,14,16). The molecule has 0 aromatic carbocycles. The first-order valence-corrected chi connectivity index (χ1v) is 5.82. The van der Waals surface area contributed by atoms with Crippen molar-refractivity contribution in [2.24, 2.45) is 0 Å². The smallest absolute Gasteiger partial charge is 0.407 e. The molecular weight excluding hydrogens is 234 g/mol. The molecule has 1 aliphatic rings. The lowest BCUT2D eigenvalue weighted by Gasteiger charge is -2.20. The Morgan fingerprint density at radius 3 is 2.94 bits per heavy atom. The molecule has 2 rings (SSSR count). The zero-order chi connectivity index (χ0) is 13.1. The molecule has 0 bridgehead atoms. The molecular formula is C12H15N3O3. The van der Waals surface area contributed by atoms with E-state index in [1.807, 2.05) is 13.0 Å². The van der Waals surface area contributed by atoms with Gasteiger partial charge in [-0.05, 0) is 31.9 Å². The van der Waals surface area contributed by atoms with Gasteiger partial charge in [0.25, 0.3) is 0 Å². The van der Waals surface area contributed by atoms with Crippen molar-refractivity contribution in [1.29, 1.82) is 0 Å². The Kier molecular flexibility index (Phi) is 3.45. The molecule has 1 saturated heterocycles. The topological polar surface area (TPSA) is 82.5 Å². The summed E-state index contributed by atoms with van der Waals surface area (Å²) in [4.78, 5) is 28.3. The van der Waals surface area contributed by atoms with E-state index in [2.05, 4.69) is 10.3 Å². The summed E-state index contributed by atoms with van der Waals surface area (Å²) in [6.45, 7) is 2.24. The number of nitrogens with zero attached hydrogens (tertiary/aromatic N) is 2. The highest BCUT2D eigenvalue weighted by atomic mass is 16.4. The summed E-state index contributed by atoms with van der Waals surface area (Å²) < 4.78 is 0. The molecule has 1 aromatic rings. The van der Waals surface area contributed by atoms with Crippen molar-refractivity contribution in [3.05, 3.63) is 23.9 Å². The number of carboxylic acid groups (broad SMARTS) is 1. The zero-order valence-electron chi connectivity index (χ0n) is 10.1. The van der Waals surface area contributed by atoms with Crippen LogP contribution in [0.2, 0.25) is 0 Å². The van der Waals surface area contributed by atoms with Gasteiger partial charge in [0.2, 0.25) is 5.91 Å². The molecule has 1 unspecified atom stereocenters. The van der Waals surface area contributed by atoms with Crippen molar-refractivity contribution in [3.8, 4) is 0 Å². The largest absolute Gasteiger partial charge is 0.465 e. The minimum Gasteiger partial charge on any atom is -0.465 e. The van der Waals surface area contributed by atoms with Gasteiger partial charge in [-0.3, -0.25) is 9.69 Å². The number of pyridine rings is 1. The Morgan fingerprint density at radius 1 is 1.50 bits per heavy atom. The van der Waals surface area contributed by atoms with E-state index in [9.17, 15) is 9.59 Å². The van der Waals surface area contributed by atoms with Gasteiger partial charge in [-0.1, -0.05) is 6.07 Å². The number of hydrogen-bond acceptors (Lipinski definition) is 3. The number of rotatable bonds is 2. The van der Waals surface area contributed by atoms with Gasteiger partial charge in [-0.2, -0.15) is 0 Å². The van der Waals surface area contributed by atoms with E-state index in [0.29, 0.717) is 25.2 Å². The maximum absolute atomic E-state index is 12.0. The fraction of sp³-hybridized carbons (Fsp3) is 0.417. The monoisotopic (exact) mass is 249 g/mol. The van der Waals surface area contributed by atoms with E-state index >= 15 is 0 Å². The van der Waals surface area contributed by atoms with Gasteiger partial charge >= 0.3 is 6.09 Å². The third-order valence-corrected chi connectivity index (χ3v) is 2.94. The number of carbonyl (C=O) groups is 2. The summed E-state index contributed by atoms with van der Waals surface area (Å²) in [6.07, 6.45) is 0.222. The average molecular weight is 249 g/mol. The average Bonchev–Trinajstić information content (AvgIpc) is 2.77. The summed E-state index contributed by atoms with van der Waals surface area (Å²) in [6, 6.07) is 4.70. The molecule has 1 fully saturated rings. The Balaban J connectivity index is 2.06. The third kappa shape index (κ3) is 2.58. The normalized spacial score (nSPS) is 18.7. The van der Waals surface area contributed by atoms with Crippen LogP contribution in [0.25, 0.3) is 0 Å². The fourth-order valence-corrected chi connectivity index (χ4v) is 2.09. The number of nitrogens with one attached hydrogen (secondary N) is 1. The highest BCUT2D eigenvalue weighted by Gasteiger charge is 2.34. The first-order valence-electron chi connectivity index (χ1n) is 5.82. The first kappa shape index (κ1) is 12.3. The van der Waals surface area contributed by atoms with Crippen LogP contribution in [-0.4, -0.2) is 39.6 Å². The number of likely N-dealkylation sites (tertiary alicyclic amines) is 1. The lowest BCUT2D eigenvalue weighted by molar-refractivity contribution is -0.119. The lowest BCUT2D eigenvalue weighted by Crippen LogP contribution is -2.42. The fourth-order valence-electron chi connectivity index (χ4n) is 2.09. The molecule has 1 aromatic heterocycles. The molecule has 2 heterocycles. The Labute approximate surface area is 105 Å². The van der Waals surface area contributed by atoms with Gasteiger partial charge in [0, 0.05) is 12.2 Å². The van der Waals surface area contributed by atoms with Crippen LogP contribution in [0.3, 0.4) is 0 Å². The lowest BCUT2D eigenvalue weighted by atomic mass is 10.2. The second-order valence-electron chi connectivity index (χ2n) is 4.29. The number of hydrogen-bond donors (Lipinski definition) is 2. The quantitative estimate of drug-likeness (QED) is 0.831. The van der Waals surface area contributed by atoms with Gasteiger partial charge < -0.3 is 10.4 Å². The minimum absolute atomic E-state index is 0.312. The van der Waals surface area contributed by atoms with Crippen LogP contribution in [0.1, 0.15) is 18.5 Å². The molecule has 1 aliphatic heterocycles. The molecule has 96 valence electrons. The summed E-state index contributed by atoms with van der Waals surface area (Å²) in [5.74, 6) is 0.144. The molecule has 2 amide bonds. The Hall–Kier alpha value is -2.11. The van der Waals surface area contributed by atoms with E-state index in [-0.39, 0.29) is 5.91 Å². The number of carbonyl (C=O) groups excluding carboxylic acids is 1. The number of aryl methyl sites for hydroxylation is 1. The van der Waals surface area contributed by atoms with E-state index in [1.165, 1.54) is 4.90 Å². The summed E-state index contributed by atoms with van der Waals surface area (Å²) in [5, 5.41) is 11.6. The number of anilines is 1. The van der Waals surface area contributed by atoms with Crippen LogP contribution in [-0.2, 0) is 4.79 Å². The van der Waals surface area contributed by atoms with E-state index < -0.39 is 12.1 Å². The molecule has 18 heavy (non-hydrogen) atoms.